The van der Waals surface area contributed by atoms with Crippen molar-refractivity contribution in [3.8, 4) is 0 Å². The van der Waals surface area contributed by atoms with Crippen LogP contribution in [0.2, 0.25) is 0 Å². The molecule has 174 valence electrons. The minimum atomic E-state index is -0.395. The monoisotopic (exact) mass is 449 g/mol. The average molecular weight is 450 g/mol. The molecule has 4 rings (SSSR count). The fourth-order valence-corrected chi connectivity index (χ4v) is 4.70. The molecule has 0 bridgehead atoms. The Morgan fingerprint density at radius 3 is 2.30 bits per heavy atom. The molecule has 0 unspecified atom stereocenters. The van der Waals surface area contributed by atoms with Gasteiger partial charge in [-0.15, -0.1) is 0 Å². The molecule has 0 atom stereocenters. The number of carbonyl (C=O) groups is 1. The Morgan fingerprint density at radius 1 is 0.970 bits per heavy atom. The maximum Gasteiger partial charge on any atom is 0.332 e. The lowest BCUT2D eigenvalue weighted by Crippen LogP contribution is -2.48. The maximum absolute atomic E-state index is 12.9. The van der Waals surface area contributed by atoms with Crippen LogP contribution >= 0.6 is 0 Å². The van der Waals surface area contributed by atoms with Crippen molar-refractivity contribution in [2.24, 2.45) is 14.1 Å². The van der Waals surface area contributed by atoms with E-state index in [0.717, 1.165) is 54.1 Å². The Morgan fingerprint density at radius 2 is 1.64 bits per heavy atom. The molecule has 0 N–H and O–H groups in total. The van der Waals surface area contributed by atoms with Crippen LogP contribution in [0.15, 0.2) is 39.9 Å². The number of pyridine rings is 1. The summed E-state index contributed by atoms with van der Waals surface area (Å²) in [7, 11) is 3.10. The molecular formula is C25H31N5O3. The molecule has 8 heteroatoms. The van der Waals surface area contributed by atoms with Crippen molar-refractivity contribution in [1.29, 1.82) is 0 Å². The number of benzene rings is 1. The molecule has 1 fully saturated rings. The number of hydrogen-bond donors (Lipinski definition) is 0. The summed E-state index contributed by atoms with van der Waals surface area (Å²) < 4.78 is 2.51. The second kappa shape index (κ2) is 9.31. The van der Waals surface area contributed by atoms with E-state index in [9.17, 15) is 14.4 Å². The van der Waals surface area contributed by atoms with Crippen LogP contribution in [0, 0.1) is 13.8 Å². The summed E-state index contributed by atoms with van der Waals surface area (Å²) in [6.07, 6.45) is 0.898. The second-order valence-electron chi connectivity index (χ2n) is 8.85. The quantitative estimate of drug-likeness (QED) is 0.590. The second-order valence-corrected chi connectivity index (χ2v) is 8.85. The molecule has 0 saturated carbocycles. The van der Waals surface area contributed by atoms with Crippen molar-refractivity contribution in [2.75, 3.05) is 26.2 Å². The standard InChI is InChI=1S/C25H31N5O3/c1-17-20(18(2)26-23-22(17)24(32)28(4)25(33)27(23)3)10-11-21(31)30-14-12-29(13-15-30)16-19-8-6-5-7-9-19/h5-9H,10-16H2,1-4H3. The minimum absolute atomic E-state index is 0.127. The fourth-order valence-electron chi connectivity index (χ4n) is 4.70. The molecule has 1 aromatic carbocycles. The number of amides is 1. The van der Waals surface area contributed by atoms with Gasteiger partial charge in [-0.25, -0.2) is 9.78 Å². The number of aromatic nitrogens is 3. The lowest BCUT2D eigenvalue weighted by Gasteiger charge is -2.35. The highest BCUT2D eigenvalue weighted by atomic mass is 16.2. The summed E-state index contributed by atoms with van der Waals surface area (Å²) in [6.45, 7) is 7.83. The normalized spacial score (nSPS) is 14.7. The van der Waals surface area contributed by atoms with Gasteiger partial charge in [0.05, 0.1) is 5.39 Å². The maximum atomic E-state index is 12.9. The molecule has 3 heterocycles. The van der Waals surface area contributed by atoms with Crippen molar-refractivity contribution in [1.82, 2.24) is 23.9 Å². The summed E-state index contributed by atoms with van der Waals surface area (Å²) >= 11 is 0. The predicted octanol–water partition coefficient (Wildman–Crippen LogP) is 1.53. The Hall–Kier alpha value is -3.26. The first-order valence-corrected chi connectivity index (χ1v) is 11.4. The molecule has 3 aromatic rings. The van der Waals surface area contributed by atoms with E-state index in [4.69, 9.17) is 0 Å². The van der Waals surface area contributed by atoms with Gasteiger partial charge in [-0.05, 0) is 37.0 Å². The van der Waals surface area contributed by atoms with E-state index in [0.29, 0.717) is 23.9 Å². The van der Waals surface area contributed by atoms with Gasteiger partial charge in [0.15, 0.2) is 0 Å². The van der Waals surface area contributed by atoms with E-state index in [2.05, 4.69) is 34.1 Å². The Bertz CT molecular complexity index is 1300. The van der Waals surface area contributed by atoms with Gasteiger partial charge in [0.1, 0.15) is 5.65 Å². The van der Waals surface area contributed by atoms with E-state index in [1.54, 1.807) is 7.05 Å². The van der Waals surface area contributed by atoms with Gasteiger partial charge in [-0.2, -0.15) is 0 Å². The zero-order valence-corrected chi connectivity index (χ0v) is 19.8. The Labute approximate surface area is 193 Å². The van der Waals surface area contributed by atoms with Crippen molar-refractivity contribution >= 4 is 16.9 Å². The summed E-state index contributed by atoms with van der Waals surface area (Å²) in [5, 5.41) is 0.446. The molecule has 1 aliphatic heterocycles. The van der Waals surface area contributed by atoms with Crippen molar-refractivity contribution in [2.45, 2.75) is 33.2 Å². The highest BCUT2D eigenvalue weighted by molar-refractivity contribution is 5.81. The molecule has 33 heavy (non-hydrogen) atoms. The fraction of sp³-hybridized carbons (Fsp3) is 0.440. The summed E-state index contributed by atoms with van der Waals surface area (Å²) in [4.78, 5) is 46.8. The van der Waals surface area contributed by atoms with Crippen molar-refractivity contribution < 1.29 is 4.79 Å². The van der Waals surface area contributed by atoms with E-state index in [-0.39, 0.29) is 11.5 Å². The van der Waals surface area contributed by atoms with Crippen LogP contribution < -0.4 is 11.2 Å². The third-order valence-corrected chi connectivity index (χ3v) is 6.73. The van der Waals surface area contributed by atoms with E-state index >= 15 is 0 Å². The number of piperazine rings is 1. The van der Waals surface area contributed by atoms with Gasteiger partial charge < -0.3 is 4.90 Å². The molecule has 1 amide bonds. The van der Waals surface area contributed by atoms with Gasteiger partial charge in [0, 0.05) is 58.9 Å². The lowest BCUT2D eigenvalue weighted by molar-refractivity contribution is -0.133. The van der Waals surface area contributed by atoms with Gasteiger partial charge in [-0.1, -0.05) is 30.3 Å². The van der Waals surface area contributed by atoms with Gasteiger partial charge in [0.25, 0.3) is 5.56 Å². The number of nitrogens with zero attached hydrogens (tertiary/aromatic N) is 5. The van der Waals surface area contributed by atoms with Crippen LogP contribution in [0.1, 0.15) is 28.8 Å². The lowest BCUT2D eigenvalue weighted by atomic mass is 9.99. The zero-order chi connectivity index (χ0) is 23.7. The van der Waals surface area contributed by atoms with Gasteiger partial charge >= 0.3 is 5.69 Å². The minimum Gasteiger partial charge on any atom is -0.340 e. The Kier molecular flexibility index (Phi) is 6.47. The molecule has 8 nitrogen and oxygen atoms in total. The molecule has 2 aromatic heterocycles. The summed E-state index contributed by atoms with van der Waals surface area (Å²) in [5.74, 6) is 0.127. The van der Waals surface area contributed by atoms with Crippen molar-refractivity contribution in [3.05, 3.63) is 73.6 Å². The largest absolute Gasteiger partial charge is 0.340 e. The topological polar surface area (TPSA) is 80.4 Å². The number of rotatable bonds is 5. The molecule has 1 saturated heterocycles. The summed E-state index contributed by atoms with van der Waals surface area (Å²) in [5.41, 5.74) is 3.40. The average Bonchev–Trinajstić information content (AvgIpc) is 2.82. The first-order valence-electron chi connectivity index (χ1n) is 11.4. The predicted molar refractivity (Wildman–Crippen MR) is 128 cm³/mol. The molecule has 0 radical (unpaired) electrons. The number of carbonyl (C=O) groups excluding carboxylic acids is 1. The number of hydrogen-bond acceptors (Lipinski definition) is 5. The van der Waals surface area contributed by atoms with Crippen LogP contribution in [0.4, 0.5) is 0 Å². The number of fused-ring (bicyclic) bond motifs is 1. The smallest absolute Gasteiger partial charge is 0.332 e. The van der Waals surface area contributed by atoms with Crippen LogP contribution in [0.5, 0.6) is 0 Å². The van der Waals surface area contributed by atoms with Crippen LogP contribution in [-0.4, -0.2) is 56.0 Å². The van der Waals surface area contributed by atoms with Crippen LogP contribution in [0.25, 0.3) is 11.0 Å². The SMILES string of the molecule is Cc1nc2c(c(C)c1CCC(=O)N1CCN(Cc3ccccc3)CC1)c(=O)n(C)c(=O)n2C. The third-order valence-electron chi connectivity index (χ3n) is 6.73. The zero-order valence-electron chi connectivity index (χ0n) is 19.8. The van der Waals surface area contributed by atoms with Crippen LogP contribution in [-0.2, 0) is 31.9 Å². The first kappa shape index (κ1) is 22.9. The molecular weight excluding hydrogens is 418 g/mol. The Balaban J connectivity index is 1.44. The first-order chi connectivity index (χ1) is 15.8. The highest BCUT2D eigenvalue weighted by Crippen LogP contribution is 2.21. The van der Waals surface area contributed by atoms with E-state index < -0.39 is 5.69 Å². The van der Waals surface area contributed by atoms with Gasteiger partial charge in [-0.3, -0.25) is 23.6 Å². The number of aryl methyl sites for hydroxylation is 3. The highest BCUT2D eigenvalue weighted by Gasteiger charge is 2.22. The van der Waals surface area contributed by atoms with Crippen LogP contribution in [0.3, 0.4) is 0 Å². The van der Waals surface area contributed by atoms with E-state index in [1.807, 2.05) is 24.8 Å². The molecule has 0 aliphatic carbocycles. The van der Waals surface area contributed by atoms with E-state index in [1.165, 1.54) is 17.2 Å². The van der Waals surface area contributed by atoms with Gasteiger partial charge in [0.2, 0.25) is 5.91 Å². The molecule has 0 spiro atoms. The third kappa shape index (κ3) is 4.48. The van der Waals surface area contributed by atoms with Crippen molar-refractivity contribution in [3.63, 3.8) is 0 Å². The molecule has 1 aliphatic rings. The summed E-state index contributed by atoms with van der Waals surface area (Å²) in [6, 6.07) is 10.4.